The minimum Gasteiger partial charge on any atom is -0.368 e. The minimum absolute atomic E-state index is 0.0240. The Morgan fingerprint density at radius 3 is 2.68 bits per heavy atom. The third kappa shape index (κ3) is 5.32. The van der Waals surface area contributed by atoms with Crippen molar-refractivity contribution in [2.24, 2.45) is 0 Å². The van der Waals surface area contributed by atoms with Crippen LogP contribution in [-0.4, -0.2) is 56.0 Å². The number of carbonyl (C=O) groups is 2. The summed E-state index contributed by atoms with van der Waals surface area (Å²) in [6.45, 7) is 5.47. The summed E-state index contributed by atoms with van der Waals surface area (Å²) < 4.78 is 0. The third-order valence-electron chi connectivity index (χ3n) is 5.82. The Balaban J connectivity index is 1.14. The Morgan fingerprint density at radius 2 is 1.87 bits per heavy atom. The van der Waals surface area contributed by atoms with Gasteiger partial charge in [0.2, 0.25) is 5.91 Å². The molecule has 0 spiro atoms. The SMILES string of the molecule is O=C1Cc2cc(C(=O)NCCCCN3CCN(c4cccc(Cl)c4Cl)CC3)ccc2N1. The lowest BCUT2D eigenvalue weighted by Gasteiger charge is -2.36. The summed E-state index contributed by atoms with van der Waals surface area (Å²) >= 11 is 12.5. The molecule has 2 heterocycles. The number of carbonyl (C=O) groups excluding carboxylic acids is 2. The van der Waals surface area contributed by atoms with E-state index in [4.69, 9.17) is 23.2 Å². The number of anilines is 2. The van der Waals surface area contributed by atoms with Gasteiger partial charge in [-0.2, -0.15) is 0 Å². The number of benzene rings is 2. The van der Waals surface area contributed by atoms with Gasteiger partial charge >= 0.3 is 0 Å². The molecule has 0 bridgehead atoms. The first kappa shape index (κ1) is 21.9. The fraction of sp³-hybridized carbons (Fsp3) is 0.391. The Hall–Kier alpha value is -2.28. The molecule has 2 aliphatic heterocycles. The standard InChI is InChI=1S/C23H26Cl2N4O2/c24-18-4-3-5-20(22(18)25)29-12-10-28(11-13-29)9-2-1-8-26-23(31)16-6-7-19-17(14-16)15-21(30)27-19/h3-7,14H,1-2,8-13,15H2,(H,26,31)(H,27,30). The van der Waals surface area contributed by atoms with Gasteiger partial charge in [0.05, 0.1) is 22.2 Å². The quantitative estimate of drug-likeness (QED) is 0.616. The summed E-state index contributed by atoms with van der Waals surface area (Å²) in [5, 5.41) is 6.98. The molecule has 1 saturated heterocycles. The number of amides is 2. The summed E-state index contributed by atoms with van der Waals surface area (Å²) in [6, 6.07) is 11.1. The number of nitrogens with one attached hydrogen (secondary N) is 2. The highest BCUT2D eigenvalue weighted by molar-refractivity contribution is 6.43. The highest BCUT2D eigenvalue weighted by Crippen LogP contribution is 2.32. The molecular formula is C23H26Cl2N4O2. The molecule has 0 aromatic heterocycles. The van der Waals surface area contributed by atoms with E-state index in [-0.39, 0.29) is 11.8 Å². The van der Waals surface area contributed by atoms with Crippen molar-refractivity contribution in [3.05, 3.63) is 57.6 Å². The van der Waals surface area contributed by atoms with Crippen molar-refractivity contribution in [2.45, 2.75) is 19.3 Å². The molecule has 1 fully saturated rings. The van der Waals surface area contributed by atoms with Crippen molar-refractivity contribution in [1.29, 1.82) is 0 Å². The second kappa shape index (κ2) is 9.90. The second-order valence-corrected chi connectivity index (χ2v) is 8.75. The predicted octanol–water partition coefficient (Wildman–Crippen LogP) is 3.82. The molecule has 6 nitrogen and oxygen atoms in total. The van der Waals surface area contributed by atoms with E-state index in [1.165, 1.54) is 0 Å². The summed E-state index contributed by atoms with van der Waals surface area (Å²) in [5.41, 5.74) is 3.30. The summed E-state index contributed by atoms with van der Waals surface area (Å²) in [4.78, 5) is 28.5. The molecule has 31 heavy (non-hydrogen) atoms. The maximum Gasteiger partial charge on any atom is 0.251 e. The van der Waals surface area contributed by atoms with E-state index in [9.17, 15) is 9.59 Å². The van der Waals surface area contributed by atoms with Crippen LogP contribution >= 0.6 is 23.2 Å². The average molecular weight is 461 g/mol. The van der Waals surface area contributed by atoms with E-state index in [2.05, 4.69) is 20.4 Å². The molecular weight excluding hydrogens is 435 g/mol. The van der Waals surface area contributed by atoms with Gasteiger partial charge in [-0.1, -0.05) is 29.3 Å². The van der Waals surface area contributed by atoms with Gasteiger partial charge in [-0.3, -0.25) is 14.5 Å². The molecule has 2 amide bonds. The highest BCUT2D eigenvalue weighted by atomic mass is 35.5. The number of hydrogen-bond donors (Lipinski definition) is 2. The van der Waals surface area contributed by atoms with Crippen LogP contribution in [0.2, 0.25) is 10.0 Å². The molecule has 8 heteroatoms. The van der Waals surface area contributed by atoms with Gasteiger partial charge in [0.1, 0.15) is 0 Å². The topological polar surface area (TPSA) is 64.7 Å². The van der Waals surface area contributed by atoms with Gasteiger partial charge < -0.3 is 15.5 Å². The van der Waals surface area contributed by atoms with Crippen molar-refractivity contribution >= 4 is 46.4 Å². The van der Waals surface area contributed by atoms with Crippen LogP contribution in [0.15, 0.2) is 36.4 Å². The van der Waals surface area contributed by atoms with Gasteiger partial charge in [0.15, 0.2) is 0 Å². The van der Waals surface area contributed by atoms with Crippen LogP contribution < -0.4 is 15.5 Å². The molecule has 4 rings (SSSR count). The predicted molar refractivity (Wildman–Crippen MR) is 125 cm³/mol. The number of fused-ring (bicyclic) bond motifs is 1. The van der Waals surface area contributed by atoms with Crippen molar-refractivity contribution in [3.8, 4) is 0 Å². The van der Waals surface area contributed by atoms with Gasteiger partial charge in [-0.25, -0.2) is 0 Å². The van der Waals surface area contributed by atoms with Crippen molar-refractivity contribution in [1.82, 2.24) is 10.2 Å². The van der Waals surface area contributed by atoms with E-state index in [0.717, 1.165) is 62.5 Å². The molecule has 2 aliphatic rings. The van der Waals surface area contributed by atoms with E-state index < -0.39 is 0 Å². The maximum atomic E-state index is 12.4. The lowest BCUT2D eigenvalue weighted by atomic mass is 10.1. The fourth-order valence-corrected chi connectivity index (χ4v) is 4.50. The Bertz CT molecular complexity index is 974. The van der Waals surface area contributed by atoms with Crippen LogP contribution in [0.3, 0.4) is 0 Å². The van der Waals surface area contributed by atoms with Gasteiger partial charge in [-0.15, -0.1) is 0 Å². The number of nitrogens with zero attached hydrogens (tertiary/aromatic N) is 2. The van der Waals surface area contributed by atoms with E-state index in [0.29, 0.717) is 28.6 Å². The van der Waals surface area contributed by atoms with Crippen LogP contribution in [0.1, 0.15) is 28.8 Å². The third-order valence-corrected chi connectivity index (χ3v) is 6.63. The zero-order chi connectivity index (χ0) is 21.8. The minimum atomic E-state index is -0.0887. The summed E-state index contributed by atoms with van der Waals surface area (Å²) in [5.74, 6) is -0.113. The first-order valence-electron chi connectivity index (χ1n) is 10.6. The van der Waals surface area contributed by atoms with Crippen LogP contribution in [0, 0.1) is 0 Å². The zero-order valence-electron chi connectivity index (χ0n) is 17.3. The first-order valence-corrected chi connectivity index (χ1v) is 11.4. The monoisotopic (exact) mass is 460 g/mol. The molecule has 164 valence electrons. The smallest absolute Gasteiger partial charge is 0.251 e. The van der Waals surface area contributed by atoms with Crippen LogP contribution in [-0.2, 0) is 11.2 Å². The molecule has 0 saturated carbocycles. The lowest BCUT2D eigenvalue weighted by molar-refractivity contribution is -0.115. The van der Waals surface area contributed by atoms with Crippen molar-refractivity contribution in [3.63, 3.8) is 0 Å². The Kier molecular flexibility index (Phi) is 7.00. The lowest BCUT2D eigenvalue weighted by Crippen LogP contribution is -2.46. The van der Waals surface area contributed by atoms with Gasteiger partial charge in [0.25, 0.3) is 5.91 Å². The highest BCUT2D eigenvalue weighted by Gasteiger charge is 2.20. The largest absolute Gasteiger partial charge is 0.368 e. The van der Waals surface area contributed by atoms with Crippen LogP contribution in [0.25, 0.3) is 0 Å². The van der Waals surface area contributed by atoms with Crippen LogP contribution in [0.5, 0.6) is 0 Å². The number of halogens is 2. The fourth-order valence-electron chi connectivity index (χ4n) is 4.08. The molecule has 2 N–H and O–H groups in total. The number of piperazine rings is 1. The summed E-state index contributed by atoms with van der Waals surface area (Å²) in [6.07, 6.45) is 2.30. The number of rotatable bonds is 7. The molecule has 0 atom stereocenters. The second-order valence-electron chi connectivity index (χ2n) is 7.96. The normalized spacial score (nSPS) is 16.2. The van der Waals surface area contributed by atoms with Crippen molar-refractivity contribution < 1.29 is 9.59 Å². The van der Waals surface area contributed by atoms with E-state index >= 15 is 0 Å². The number of unbranched alkanes of at least 4 members (excludes halogenated alkanes) is 1. The van der Waals surface area contributed by atoms with E-state index in [1.807, 2.05) is 18.2 Å². The molecule has 0 unspecified atom stereocenters. The van der Waals surface area contributed by atoms with Crippen LogP contribution in [0.4, 0.5) is 11.4 Å². The zero-order valence-corrected chi connectivity index (χ0v) is 18.8. The van der Waals surface area contributed by atoms with Gasteiger partial charge in [-0.05, 0) is 55.3 Å². The first-order chi connectivity index (χ1) is 15.0. The Labute approximate surface area is 192 Å². The van der Waals surface area contributed by atoms with Gasteiger partial charge in [0, 0.05) is 44.0 Å². The Morgan fingerprint density at radius 1 is 1.06 bits per heavy atom. The summed E-state index contributed by atoms with van der Waals surface area (Å²) in [7, 11) is 0. The molecule has 0 radical (unpaired) electrons. The molecule has 2 aromatic carbocycles. The molecule has 2 aromatic rings. The maximum absolute atomic E-state index is 12.4. The van der Waals surface area contributed by atoms with Crippen molar-refractivity contribution in [2.75, 3.05) is 49.5 Å². The average Bonchev–Trinajstić information content (AvgIpc) is 3.15. The number of hydrogen-bond acceptors (Lipinski definition) is 4. The van der Waals surface area contributed by atoms with E-state index in [1.54, 1.807) is 18.2 Å². The molecule has 0 aliphatic carbocycles.